The van der Waals surface area contributed by atoms with E-state index in [1.807, 2.05) is 6.07 Å². The lowest BCUT2D eigenvalue weighted by Crippen LogP contribution is -2.57. The second-order valence-corrected chi connectivity index (χ2v) is 10.1. The molecule has 1 saturated carbocycles. The van der Waals surface area contributed by atoms with Gasteiger partial charge in [-0.3, -0.25) is 4.79 Å². The fourth-order valence-electron chi connectivity index (χ4n) is 6.22. The molecule has 160 valence electrons. The first kappa shape index (κ1) is 19.8. The molecular weight excluding hydrogens is 374 g/mol. The van der Waals surface area contributed by atoms with Gasteiger partial charge in [0.1, 0.15) is 0 Å². The molecule has 2 aliphatic heterocycles. The van der Waals surface area contributed by atoms with Crippen LogP contribution in [0.25, 0.3) is 0 Å². The molecule has 1 aromatic carbocycles. The Morgan fingerprint density at radius 3 is 2.77 bits per heavy atom. The molecule has 2 aromatic rings. The van der Waals surface area contributed by atoms with E-state index >= 15 is 0 Å². The van der Waals surface area contributed by atoms with Gasteiger partial charge in [-0.2, -0.15) is 0 Å². The van der Waals surface area contributed by atoms with E-state index in [4.69, 9.17) is 4.52 Å². The summed E-state index contributed by atoms with van der Waals surface area (Å²) in [4.78, 5) is 15.9. The number of rotatable bonds is 4. The molecule has 0 radical (unpaired) electrons. The van der Waals surface area contributed by atoms with Crippen molar-refractivity contribution in [2.24, 2.45) is 5.41 Å². The van der Waals surface area contributed by atoms with Crippen LogP contribution in [0.4, 0.5) is 0 Å². The van der Waals surface area contributed by atoms with Crippen molar-refractivity contribution in [3.8, 4) is 0 Å². The second-order valence-electron chi connectivity index (χ2n) is 10.1. The van der Waals surface area contributed by atoms with E-state index in [0.717, 1.165) is 25.0 Å². The maximum absolute atomic E-state index is 13.7. The van der Waals surface area contributed by atoms with Crippen LogP contribution in [-0.2, 0) is 6.42 Å². The fraction of sp³-hybridized carbons (Fsp3) is 0.600. The highest BCUT2D eigenvalue weighted by atomic mass is 16.5. The lowest BCUT2D eigenvalue weighted by atomic mass is 9.70. The van der Waals surface area contributed by atoms with Crippen LogP contribution in [0.15, 0.2) is 40.9 Å². The lowest BCUT2D eigenvalue weighted by Gasteiger charge is -2.43. The summed E-state index contributed by atoms with van der Waals surface area (Å²) in [5, 5.41) is 8.15. The molecule has 5 rings (SSSR count). The van der Waals surface area contributed by atoms with Crippen LogP contribution < -0.4 is 5.32 Å². The van der Waals surface area contributed by atoms with Crippen LogP contribution in [0.3, 0.4) is 0 Å². The monoisotopic (exact) mass is 407 g/mol. The van der Waals surface area contributed by atoms with Crippen molar-refractivity contribution < 1.29 is 9.32 Å². The zero-order valence-electron chi connectivity index (χ0n) is 18.3. The fourth-order valence-corrected chi connectivity index (χ4v) is 6.22. The molecule has 2 saturated heterocycles. The van der Waals surface area contributed by atoms with Gasteiger partial charge in [-0.1, -0.05) is 69.1 Å². The first-order chi connectivity index (χ1) is 14.5. The smallest absolute Gasteiger partial charge is 0.293 e. The van der Waals surface area contributed by atoms with Gasteiger partial charge < -0.3 is 14.7 Å². The molecule has 3 fully saturated rings. The van der Waals surface area contributed by atoms with Crippen LogP contribution in [-0.4, -0.2) is 40.1 Å². The first-order valence-corrected chi connectivity index (χ1v) is 11.6. The Morgan fingerprint density at radius 1 is 1.27 bits per heavy atom. The zero-order chi connectivity index (χ0) is 20.9. The number of carbonyl (C=O) groups excluding carboxylic acids is 1. The Kier molecular flexibility index (Phi) is 4.97. The molecule has 1 N–H and O–H groups in total. The van der Waals surface area contributed by atoms with Crippen molar-refractivity contribution in [1.29, 1.82) is 0 Å². The quantitative estimate of drug-likeness (QED) is 0.808. The van der Waals surface area contributed by atoms with E-state index in [1.54, 1.807) is 0 Å². The molecule has 1 aliphatic carbocycles. The third-order valence-corrected chi connectivity index (χ3v) is 7.86. The standard InChI is InChI=1S/C25H33N3O2/c1-16(2)18-14-21(30-27-18)24(29)28-20-15-25(3)22(11-7-8-12-23(25)28)26-19(20)13-17-9-5-4-6-10-17/h4-6,9-10,14,16,19-20,22-23,26H,7-8,11-13,15H2,1-3H3/t19-,20+,22-,23+,25-/m1/s1. The maximum atomic E-state index is 13.7. The average Bonchev–Trinajstić information content (AvgIpc) is 3.28. The van der Waals surface area contributed by atoms with Crippen molar-refractivity contribution in [3.05, 3.63) is 53.4 Å². The van der Waals surface area contributed by atoms with Gasteiger partial charge in [0.15, 0.2) is 0 Å². The van der Waals surface area contributed by atoms with Crippen molar-refractivity contribution >= 4 is 5.91 Å². The van der Waals surface area contributed by atoms with E-state index in [9.17, 15) is 4.79 Å². The normalized spacial score (nSPS) is 33.0. The minimum Gasteiger partial charge on any atom is -0.351 e. The number of nitrogens with one attached hydrogen (secondary N) is 1. The number of fused-ring (bicyclic) bond motifs is 1. The first-order valence-electron chi connectivity index (χ1n) is 11.6. The number of piperidine rings is 1. The molecule has 5 atom stereocenters. The third kappa shape index (κ3) is 3.18. The summed E-state index contributed by atoms with van der Waals surface area (Å²) in [6.45, 7) is 6.55. The molecular formula is C25H33N3O2. The number of hydrogen-bond donors (Lipinski definition) is 1. The van der Waals surface area contributed by atoms with E-state index in [0.29, 0.717) is 11.8 Å². The summed E-state index contributed by atoms with van der Waals surface area (Å²) in [7, 11) is 0. The average molecular weight is 408 g/mol. The molecule has 5 heteroatoms. The molecule has 2 bridgehead atoms. The number of likely N-dealkylation sites (tertiary alicyclic amines) is 1. The van der Waals surface area contributed by atoms with Gasteiger partial charge in [-0.05, 0) is 37.2 Å². The van der Waals surface area contributed by atoms with Gasteiger partial charge in [0.25, 0.3) is 5.91 Å². The molecule has 0 spiro atoms. The van der Waals surface area contributed by atoms with Crippen molar-refractivity contribution in [3.63, 3.8) is 0 Å². The van der Waals surface area contributed by atoms with Gasteiger partial charge in [0, 0.05) is 35.6 Å². The number of benzene rings is 1. The molecule has 3 heterocycles. The van der Waals surface area contributed by atoms with Crippen LogP contribution in [0.1, 0.15) is 80.6 Å². The second kappa shape index (κ2) is 7.52. The molecule has 1 aromatic heterocycles. The summed E-state index contributed by atoms with van der Waals surface area (Å²) >= 11 is 0. The van der Waals surface area contributed by atoms with Crippen molar-refractivity contribution in [2.45, 2.75) is 89.4 Å². The molecule has 3 aliphatic rings. The highest BCUT2D eigenvalue weighted by Crippen LogP contribution is 2.52. The van der Waals surface area contributed by atoms with Crippen LogP contribution in [0, 0.1) is 5.41 Å². The van der Waals surface area contributed by atoms with Crippen molar-refractivity contribution in [2.75, 3.05) is 0 Å². The highest BCUT2D eigenvalue weighted by Gasteiger charge is 2.60. The Hall–Kier alpha value is -2.14. The summed E-state index contributed by atoms with van der Waals surface area (Å²) in [6.07, 6.45) is 6.72. The van der Waals surface area contributed by atoms with E-state index in [-0.39, 0.29) is 35.4 Å². The van der Waals surface area contributed by atoms with Gasteiger partial charge in [0.2, 0.25) is 5.76 Å². The van der Waals surface area contributed by atoms with Gasteiger partial charge in [-0.25, -0.2) is 0 Å². The number of nitrogens with zero attached hydrogens (tertiary/aromatic N) is 2. The van der Waals surface area contributed by atoms with E-state index < -0.39 is 0 Å². The summed E-state index contributed by atoms with van der Waals surface area (Å²) < 4.78 is 5.54. The van der Waals surface area contributed by atoms with E-state index in [1.165, 1.54) is 24.8 Å². The third-order valence-electron chi connectivity index (χ3n) is 7.86. The maximum Gasteiger partial charge on any atom is 0.293 e. The Bertz CT molecular complexity index is 908. The van der Waals surface area contributed by atoms with Crippen molar-refractivity contribution in [1.82, 2.24) is 15.4 Å². The highest BCUT2D eigenvalue weighted by molar-refractivity contribution is 5.92. The van der Waals surface area contributed by atoms with Gasteiger partial charge >= 0.3 is 0 Å². The topological polar surface area (TPSA) is 58.4 Å². The van der Waals surface area contributed by atoms with Crippen LogP contribution in [0.2, 0.25) is 0 Å². The van der Waals surface area contributed by atoms with Gasteiger partial charge in [0.05, 0.1) is 5.69 Å². The predicted octanol–water partition coefficient (Wildman–Crippen LogP) is 4.54. The minimum atomic E-state index is 0.0236. The van der Waals surface area contributed by atoms with E-state index in [2.05, 4.69) is 66.5 Å². The number of carbonyl (C=O) groups is 1. The summed E-state index contributed by atoms with van der Waals surface area (Å²) in [5.74, 6) is 0.671. The minimum absolute atomic E-state index is 0.0236. The molecule has 30 heavy (non-hydrogen) atoms. The molecule has 5 nitrogen and oxygen atoms in total. The SMILES string of the molecule is CC(C)c1cc(C(=O)N2[C@H]3CCCC[C@H]4N[C@H](Cc5ccccc5)[C@@H]2C[C@@]34C)on1. The number of aromatic nitrogens is 1. The number of hydrogen-bond acceptors (Lipinski definition) is 4. The molecule has 0 unspecified atom stereocenters. The Balaban J connectivity index is 1.50. The molecule has 1 amide bonds. The number of amides is 1. The largest absolute Gasteiger partial charge is 0.351 e. The zero-order valence-corrected chi connectivity index (χ0v) is 18.3. The summed E-state index contributed by atoms with van der Waals surface area (Å²) in [6, 6.07) is 13.7. The van der Waals surface area contributed by atoms with Gasteiger partial charge in [-0.15, -0.1) is 0 Å². The summed E-state index contributed by atoms with van der Waals surface area (Å²) in [5.41, 5.74) is 2.31. The van der Waals surface area contributed by atoms with Crippen LogP contribution in [0.5, 0.6) is 0 Å². The van der Waals surface area contributed by atoms with Crippen LogP contribution >= 0.6 is 0 Å². The predicted molar refractivity (Wildman–Crippen MR) is 116 cm³/mol. The Labute approximate surface area is 179 Å². The Morgan fingerprint density at radius 2 is 2.03 bits per heavy atom. The lowest BCUT2D eigenvalue weighted by molar-refractivity contribution is 0.0569.